The van der Waals surface area contributed by atoms with Crippen LogP contribution in [0.3, 0.4) is 0 Å². The molecule has 1 rings (SSSR count). The Morgan fingerprint density at radius 3 is 2.36 bits per heavy atom. The molecule has 0 unspecified atom stereocenters. The molecule has 0 amide bonds. The molecular formula is C13H25N. The Morgan fingerprint density at radius 1 is 1.36 bits per heavy atom. The average molecular weight is 195 g/mol. The van der Waals surface area contributed by atoms with E-state index < -0.39 is 0 Å². The molecule has 0 aromatic carbocycles. The van der Waals surface area contributed by atoms with Crippen molar-refractivity contribution in [2.24, 2.45) is 5.41 Å². The lowest BCUT2D eigenvalue weighted by Crippen LogP contribution is -2.45. The molecule has 82 valence electrons. The highest BCUT2D eigenvalue weighted by Gasteiger charge is 2.29. The van der Waals surface area contributed by atoms with Gasteiger partial charge >= 0.3 is 0 Å². The average Bonchev–Trinajstić information content (AvgIpc) is 2.01. The summed E-state index contributed by atoms with van der Waals surface area (Å²) in [5.74, 6) is 0. The quantitative estimate of drug-likeness (QED) is 0.579. The molecule has 1 heterocycles. The zero-order valence-electron chi connectivity index (χ0n) is 10.6. The molecule has 0 saturated carbocycles. The van der Waals surface area contributed by atoms with Crippen molar-refractivity contribution in [1.29, 1.82) is 0 Å². The molecule has 1 atom stereocenters. The van der Waals surface area contributed by atoms with Crippen LogP contribution in [0.25, 0.3) is 0 Å². The molecule has 1 aliphatic heterocycles. The molecule has 0 aliphatic carbocycles. The topological polar surface area (TPSA) is 3.24 Å². The van der Waals surface area contributed by atoms with E-state index in [4.69, 9.17) is 0 Å². The van der Waals surface area contributed by atoms with Crippen LogP contribution in [0.5, 0.6) is 0 Å². The second-order valence-electron chi connectivity index (χ2n) is 5.71. The van der Waals surface area contributed by atoms with Crippen LogP contribution in [0, 0.1) is 5.41 Å². The highest BCUT2D eigenvalue weighted by molar-refractivity contribution is 5.20. The molecule has 14 heavy (non-hydrogen) atoms. The number of hydrogen-bond donors (Lipinski definition) is 0. The van der Waals surface area contributed by atoms with Gasteiger partial charge in [-0.25, -0.2) is 0 Å². The van der Waals surface area contributed by atoms with Crippen molar-refractivity contribution >= 4 is 0 Å². The van der Waals surface area contributed by atoms with Gasteiger partial charge < -0.3 is 0 Å². The minimum atomic E-state index is 0.326. The van der Waals surface area contributed by atoms with Crippen LogP contribution in [0.1, 0.15) is 48.0 Å². The number of nitrogens with zero attached hydrogens (tertiary/aromatic N) is 1. The Balaban J connectivity index is 2.84. The van der Waals surface area contributed by atoms with Crippen LogP contribution in [0.15, 0.2) is 11.6 Å². The summed E-state index contributed by atoms with van der Waals surface area (Å²) in [6.07, 6.45) is 3.67. The monoisotopic (exact) mass is 195 g/mol. The zero-order chi connectivity index (χ0) is 10.9. The van der Waals surface area contributed by atoms with Gasteiger partial charge in [-0.2, -0.15) is 0 Å². The van der Waals surface area contributed by atoms with E-state index in [1.54, 1.807) is 5.57 Å². The molecule has 0 radical (unpaired) electrons. The van der Waals surface area contributed by atoms with Crippen molar-refractivity contribution in [2.75, 3.05) is 6.54 Å². The summed E-state index contributed by atoms with van der Waals surface area (Å²) in [4.78, 5) is 2.60. The number of hydrogen-bond acceptors (Lipinski definition) is 1. The third-order valence-corrected chi connectivity index (χ3v) is 3.23. The minimum Gasteiger partial charge on any atom is -0.294 e. The van der Waals surface area contributed by atoms with Gasteiger partial charge in [0.25, 0.3) is 0 Å². The van der Waals surface area contributed by atoms with Crippen molar-refractivity contribution in [3.05, 3.63) is 11.6 Å². The molecule has 0 N–H and O–H groups in total. The van der Waals surface area contributed by atoms with Gasteiger partial charge in [-0.05, 0) is 32.6 Å². The minimum absolute atomic E-state index is 0.326. The highest BCUT2D eigenvalue weighted by atomic mass is 15.2. The predicted octanol–water partition coefficient (Wildman–Crippen LogP) is 3.46. The van der Waals surface area contributed by atoms with E-state index >= 15 is 0 Å². The lowest BCUT2D eigenvalue weighted by Gasteiger charge is -2.41. The molecule has 0 aromatic rings. The lowest BCUT2D eigenvalue weighted by molar-refractivity contribution is 0.161. The van der Waals surface area contributed by atoms with Crippen LogP contribution >= 0.6 is 0 Å². The maximum absolute atomic E-state index is 2.60. The van der Waals surface area contributed by atoms with Gasteiger partial charge in [0.1, 0.15) is 0 Å². The lowest BCUT2D eigenvalue weighted by atomic mass is 9.79. The maximum Gasteiger partial charge on any atom is 0.0287 e. The smallest absolute Gasteiger partial charge is 0.0287 e. The molecule has 0 spiro atoms. The summed E-state index contributed by atoms with van der Waals surface area (Å²) in [5.41, 5.74) is 1.94. The maximum atomic E-state index is 2.60. The molecule has 1 heteroatoms. The Hall–Kier alpha value is -0.300. The van der Waals surface area contributed by atoms with Gasteiger partial charge in [-0.3, -0.25) is 4.90 Å². The van der Waals surface area contributed by atoms with Gasteiger partial charge in [0.2, 0.25) is 0 Å². The van der Waals surface area contributed by atoms with Gasteiger partial charge in [0.15, 0.2) is 0 Å². The van der Waals surface area contributed by atoms with Crippen LogP contribution in [0.2, 0.25) is 0 Å². The fraction of sp³-hybridized carbons (Fsp3) is 0.846. The van der Waals surface area contributed by atoms with E-state index in [1.807, 2.05) is 0 Å². The van der Waals surface area contributed by atoms with Gasteiger partial charge in [0, 0.05) is 18.6 Å². The van der Waals surface area contributed by atoms with E-state index in [1.165, 1.54) is 13.0 Å². The largest absolute Gasteiger partial charge is 0.294 e. The normalized spacial score (nSPS) is 25.4. The van der Waals surface area contributed by atoms with Crippen molar-refractivity contribution in [3.63, 3.8) is 0 Å². The Morgan fingerprint density at radius 2 is 1.93 bits per heavy atom. The molecule has 0 aromatic heterocycles. The Labute approximate surface area is 89.2 Å². The summed E-state index contributed by atoms with van der Waals surface area (Å²) in [5, 5.41) is 0. The first kappa shape index (κ1) is 11.8. The summed E-state index contributed by atoms with van der Waals surface area (Å²) in [6.45, 7) is 15.1. The van der Waals surface area contributed by atoms with Gasteiger partial charge in [-0.15, -0.1) is 0 Å². The van der Waals surface area contributed by atoms with E-state index in [9.17, 15) is 0 Å². The second kappa shape index (κ2) is 4.06. The molecule has 0 saturated heterocycles. The first-order valence-corrected chi connectivity index (χ1v) is 5.80. The summed E-state index contributed by atoms with van der Waals surface area (Å²) < 4.78 is 0. The molecule has 0 bridgehead atoms. The predicted molar refractivity (Wildman–Crippen MR) is 63.5 cm³/mol. The Kier molecular flexibility index (Phi) is 3.41. The second-order valence-corrected chi connectivity index (χ2v) is 5.71. The summed E-state index contributed by atoms with van der Waals surface area (Å²) in [7, 11) is 0. The van der Waals surface area contributed by atoms with Crippen molar-refractivity contribution in [1.82, 2.24) is 4.90 Å². The van der Waals surface area contributed by atoms with Crippen molar-refractivity contribution in [2.45, 2.75) is 60.0 Å². The molecule has 0 fully saturated rings. The Bertz CT molecular complexity index is 220. The fourth-order valence-corrected chi connectivity index (χ4v) is 2.55. The van der Waals surface area contributed by atoms with Crippen LogP contribution in [-0.2, 0) is 0 Å². The van der Waals surface area contributed by atoms with Crippen molar-refractivity contribution in [3.8, 4) is 0 Å². The molecule has 1 nitrogen and oxygen atoms in total. The zero-order valence-corrected chi connectivity index (χ0v) is 10.6. The third-order valence-electron chi connectivity index (χ3n) is 3.23. The van der Waals surface area contributed by atoms with E-state index in [-0.39, 0.29) is 0 Å². The van der Waals surface area contributed by atoms with Gasteiger partial charge in [0.05, 0.1) is 0 Å². The van der Waals surface area contributed by atoms with Crippen LogP contribution in [0.4, 0.5) is 0 Å². The van der Waals surface area contributed by atoms with E-state index in [0.717, 1.165) is 0 Å². The standard InChI is InChI=1S/C13H25N/c1-10(2)14-9-7-8-12(11(14)3)13(4,5)6/h8,10-11H,7,9H2,1-6H3/t11-/m1/s1. The molecular weight excluding hydrogens is 170 g/mol. The van der Waals surface area contributed by atoms with Crippen LogP contribution in [-0.4, -0.2) is 23.5 Å². The number of rotatable bonds is 1. The molecule has 1 aliphatic rings. The third kappa shape index (κ3) is 2.38. The summed E-state index contributed by atoms with van der Waals surface area (Å²) >= 11 is 0. The van der Waals surface area contributed by atoms with E-state index in [2.05, 4.69) is 52.5 Å². The first-order chi connectivity index (χ1) is 6.34. The van der Waals surface area contributed by atoms with Crippen molar-refractivity contribution < 1.29 is 0 Å². The van der Waals surface area contributed by atoms with Gasteiger partial charge in [-0.1, -0.05) is 32.4 Å². The first-order valence-electron chi connectivity index (χ1n) is 5.80. The SMILES string of the molecule is CC(C)N1CCC=C(C(C)(C)C)[C@H]1C. The highest BCUT2D eigenvalue weighted by Crippen LogP contribution is 2.33. The van der Waals surface area contributed by atoms with E-state index in [0.29, 0.717) is 17.5 Å². The fourth-order valence-electron chi connectivity index (χ4n) is 2.55. The van der Waals surface area contributed by atoms with Crippen LogP contribution < -0.4 is 0 Å². The summed E-state index contributed by atoms with van der Waals surface area (Å²) in [6, 6.07) is 1.28.